The van der Waals surface area contributed by atoms with Gasteiger partial charge in [0.25, 0.3) is 0 Å². The highest BCUT2D eigenvalue weighted by Crippen LogP contribution is 2.20. The molecule has 0 radical (unpaired) electrons. The van der Waals surface area contributed by atoms with Crippen LogP contribution in [0, 0.1) is 12.8 Å². The highest BCUT2D eigenvalue weighted by Gasteiger charge is 2.22. The Morgan fingerprint density at radius 2 is 2.29 bits per heavy atom. The van der Waals surface area contributed by atoms with E-state index < -0.39 is 0 Å². The van der Waals surface area contributed by atoms with Gasteiger partial charge in [0.05, 0.1) is 11.6 Å². The fourth-order valence-corrected chi connectivity index (χ4v) is 2.34. The van der Waals surface area contributed by atoms with Crippen LogP contribution in [0.3, 0.4) is 0 Å². The molecular formula is C14H16N6O. The van der Waals surface area contributed by atoms with Crippen LogP contribution < -0.4 is 11.1 Å². The molecule has 3 N–H and O–H groups in total. The number of nitrogens with two attached hydrogens (primary N) is 1. The maximum absolute atomic E-state index is 12.2. The zero-order valence-electron chi connectivity index (χ0n) is 11.6. The third-order valence-corrected chi connectivity index (χ3v) is 3.44. The maximum Gasteiger partial charge on any atom is 0.231 e. The standard InChI is InChI=1S/C14H16N6O/c1-9-17-18-19-20(9)13-4-2-3-12(8-13)16-14(21)10-5-6-11(15)7-10/h2-6,8,10-11H,7,15H2,1H3,(H,16,21). The number of nitrogens with one attached hydrogen (secondary N) is 1. The SMILES string of the molecule is Cc1nnnn1-c1cccc(NC(=O)C2C=CC(N)C2)c1. The van der Waals surface area contributed by atoms with Crippen molar-refractivity contribution in [2.45, 2.75) is 19.4 Å². The summed E-state index contributed by atoms with van der Waals surface area (Å²) in [5.74, 6) is 0.464. The Hall–Kier alpha value is -2.54. The molecule has 0 bridgehead atoms. The van der Waals surface area contributed by atoms with Gasteiger partial charge in [0.2, 0.25) is 5.91 Å². The number of hydrogen-bond donors (Lipinski definition) is 2. The minimum absolute atomic E-state index is 0.0315. The molecule has 2 atom stereocenters. The van der Waals surface area contributed by atoms with E-state index in [-0.39, 0.29) is 17.9 Å². The Labute approximate surface area is 121 Å². The Morgan fingerprint density at radius 3 is 2.95 bits per heavy atom. The monoisotopic (exact) mass is 284 g/mol. The van der Waals surface area contributed by atoms with Crippen molar-refractivity contribution in [2.75, 3.05) is 5.32 Å². The lowest BCUT2D eigenvalue weighted by Gasteiger charge is -2.11. The fourth-order valence-electron chi connectivity index (χ4n) is 2.34. The molecule has 0 aliphatic heterocycles. The number of aromatic nitrogens is 4. The van der Waals surface area contributed by atoms with Gasteiger partial charge < -0.3 is 11.1 Å². The van der Waals surface area contributed by atoms with Crippen molar-refractivity contribution in [3.63, 3.8) is 0 Å². The predicted molar refractivity (Wildman–Crippen MR) is 77.7 cm³/mol. The Morgan fingerprint density at radius 1 is 1.43 bits per heavy atom. The zero-order valence-corrected chi connectivity index (χ0v) is 11.6. The lowest BCUT2D eigenvalue weighted by atomic mass is 10.1. The number of tetrazole rings is 1. The van der Waals surface area contributed by atoms with E-state index in [1.165, 1.54) is 0 Å². The molecule has 1 heterocycles. The smallest absolute Gasteiger partial charge is 0.231 e. The van der Waals surface area contributed by atoms with E-state index in [0.717, 1.165) is 5.69 Å². The first-order valence-electron chi connectivity index (χ1n) is 6.73. The minimum Gasteiger partial charge on any atom is -0.326 e. The number of carbonyl (C=O) groups excluding carboxylic acids is 1. The molecule has 108 valence electrons. The van der Waals surface area contributed by atoms with Gasteiger partial charge in [-0.15, -0.1) is 5.10 Å². The normalized spacial score (nSPS) is 20.7. The van der Waals surface area contributed by atoms with Crippen LogP contribution in [0.5, 0.6) is 0 Å². The molecular weight excluding hydrogens is 268 g/mol. The van der Waals surface area contributed by atoms with E-state index >= 15 is 0 Å². The molecule has 0 saturated heterocycles. The number of nitrogens with zero attached hydrogens (tertiary/aromatic N) is 4. The van der Waals surface area contributed by atoms with E-state index in [0.29, 0.717) is 17.9 Å². The van der Waals surface area contributed by atoms with Crippen molar-refractivity contribution in [1.82, 2.24) is 20.2 Å². The lowest BCUT2D eigenvalue weighted by molar-refractivity contribution is -0.118. The summed E-state index contributed by atoms with van der Waals surface area (Å²) in [7, 11) is 0. The summed E-state index contributed by atoms with van der Waals surface area (Å²) in [4.78, 5) is 12.2. The molecule has 2 aromatic rings. The number of aryl methyl sites for hydroxylation is 1. The Kier molecular flexibility index (Phi) is 3.49. The average Bonchev–Trinajstić information content (AvgIpc) is 3.08. The molecule has 7 nitrogen and oxygen atoms in total. The van der Waals surface area contributed by atoms with Gasteiger partial charge in [-0.1, -0.05) is 18.2 Å². The predicted octanol–water partition coefficient (Wildman–Crippen LogP) is 0.813. The highest BCUT2D eigenvalue weighted by molar-refractivity contribution is 5.94. The summed E-state index contributed by atoms with van der Waals surface area (Å²) in [6, 6.07) is 7.36. The molecule has 1 aliphatic carbocycles. The Balaban J connectivity index is 1.76. The summed E-state index contributed by atoms with van der Waals surface area (Å²) in [5.41, 5.74) is 7.28. The van der Waals surface area contributed by atoms with Gasteiger partial charge in [-0.3, -0.25) is 4.79 Å². The quantitative estimate of drug-likeness (QED) is 0.813. The average molecular weight is 284 g/mol. The summed E-state index contributed by atoms with van der Waals surface area (Å²) >= 11 is 0. The summed E-state index contributed by atoms with van der Waals surface area (Å²) in [6.07, 6.45) is 4.37. The number of anilines is 1. The number of rotatable bonds is 3. The molecule has 0 fully saturated rings. The number of carbonyl (C=O) groups is 1. The van der Waals surface area contributed by atoms with E-state index in [9.17, 15) is 4.79 Å². The summed E-state index contributed by atoms with van der Waals surface area (Å²) in [5, 5.41) is 14.3. The van der Waals surface area contributed by atoms with Crippen LogP contribution in [0.1, 0.15) is 12.2 Å². The molecule has 3 rings (SSSR count). The third-order valence-electron chi connectivity index (χ3n) is 3.44. The van der Waals surface area contributed by atoms with Gasteiger partial charge in [-0.05, 0) is 42.0 Å². The van der Waals surface area contributed by atoms with E-state index in [1.807, 2.05) is 43.3 Å². The zero-order chi connectivity index (χ0) is 14.8. The van der Waals surface area contributed by atoms with E-state index in [4.69, 9.17) is 5.73 Å². The summed E-state index contributed by atoms with van der Waals surface area (Å²) in [6.45, 7) is 1.82. The second kappa shape index (κ2) is 5.45. The first kappa shape index (κ1) is 13.4. The lowest BCUT2D eigenvalue weighted by Crippen LogP contribution is -2.24. The molecule has 2 unspecified atom stereocenters. The number of amides is 1. The van der Waals surface area contributed by atoms with Gasteiger partial charge in [-0.2, -0.15) is 4.68 Å². The minimum atomic E-state index is -0.168. The van der Waals surface area contributed by atoms with Crippen molar-refractivity contribution in [3.05, 3.63) is 42.2 Å². The molecule has 1 aromatic carbocycles. The molecule has 7 heteroatoms. The van der Waals surface area contributed by atoms with Crippen LogP contribution in [0.4, 0.5) is 5.69 Å². The molecule has 0 saturated carbocycles. The first-order chi connectivity index (χ1) is 10.1. The fraction of sp³-hybridized carbons (Fsp3) is 0.286. The van der Waals surface area contributed by atoms with E-state index in [2.05, 4.69) is 20.8 Å². The molecule has 21 heavy (non-hydrogen) atoms. The number of hydrogen-bond acceptors (Lipinski definition) is 5. The topological polar surface area (TPSA) is 98.7 Å². The van der Waals surface area contributed by atoms with Crippen molar-refractivity contribution in [3.8, 4) is 5.69 Å². The van der Waals surface area contributed by atoms with Crippen molar-refractivity contribution in [2.24, 2.45) is 11.7 Å². The van der Waals surface area contributed by atoms with Gasteiger partial charge in [0.1, 0.15) is 0 Å². The largest absolute Gasteiger partial charge is 0.326 e. The first-order valence-corrected chi connectivity index (χ1v) is 6.73. The van der Waals surface area contributed by atoms with Gasteiger partial charge >= 0.3 is 0 Å². The Bertz CT molecular complexity index is 692. The molecule has 1 aromatic heterocycles. The van der Waals surface area contributed by atoms with Gasteiger partial charge in [0, 0.05) is 11.7 Å². The van der Waals surface area contributed by atoms with Crippen LogP contribution in [0.25, 0.3) is 5.69 Å². The van der Waals surface area contributed by atoms with Crippen LogP contribution >= 0.6 is 0 Å². The molecule has 0 spiro atoms. The maximum atomic E-state index is 12.2. The van der Waals surface area contributed by atoms with Crippen LogP contribution in [-0.2, 0) is 4.79 Å². The second-order valence-corrected chi connectivity index (χ2v) is 5.07. The van der Waals surface area contributed by atoms with Crippen LogP contribution in [0.15, 0.2) is 36.4 Å². The molecule has 1 amide bonds. The van der Waals surface area contributed by atoms with Crippen molar-refractivity contribution in [1.29, 1.82) is 0 Å². The van der Waals surface area contributed by atoms with Gasteiger partial charge in [-0.25, -0.2) is 0 Å². The van der Waals surface area contributed by atoms with Crippen molar-refractivity contribution >= 4 is 11.6 Å². The summed E-state index contributed by atoms with van der Waals surface area (Å²) < 4.78 is 1.61. The van der Waals surface area contributed by atoms with Crippen LogP contribution in [0.2, 0.25) is 0 Å². The van der Waals surface area contributed by atoms with Gasteiger partial charge in [0.15, 0.2) is 5.82 Å². The van der Waals surface area contributed by atoms with E-state index in [1.54, 1.807) is 4.68 Å². The second-order valence-electron chi connectivity index (χ2n) is 5.07. The third kappa shape index (κ3) is 2.82. The highest BCUT2D eigenvalue weighted by atomic mass is 16.1. The van der Waals surface area contributed by atoms with Crippen LogP contribution in [-0.4, -0.2) is 32.2 Å². The van der Waals surface area contributed by atoms with Crippen molar-refractivity contribution < 1.29 is 4.79 Å². The molecule has 1 aliphatic rings. The number of benzene rings is 1.